The summed E-state index contributed by atoms with van der Waals surface area (Å²) in [6, 6.07) is 11.0. The van der Waals surface area contributed by atoms with Gasteiger partial charge in [-0.25, -0.2) is 0 Å². The molecular formula is C23H16Cl2N2O5. The molecule has 0 spiro atoms. The molecule has 9 heteroatoms. The lowest BCUT2D eigenvalue weighted by Crippen LogP contribution is -2.29. The molecule has 162 valence electrons. The molecule has 1 aliphatic heterocycles. The number of aryl methyl sites for hydroxylation is 1. The summed E-state index contributed by atoms with van der Waals surface area (Å²) in [7, 11) is 0. The second-order valence-electron chi connectivity index (χ2n) is 7.32. The first-order valence-corrected chi connectivity index (χ1v) is 10.6. The van der Waals surface area contributed by atoms with Crippen LogP contribution < -0.4 is 15.1 Å². The maximum atomic E-state index is 13.6. The maximum absolute atomic E-state index is 13.6. The van der Waals surface area contributed by atoms with E-state index in [1.54, 1.807) is 31.2 Å². The van der Waals surface area contributed by atoms with Gasteiger partial charge in [0.05, 0.1) is 28.6 Å². The average Bonchev–Trinajstić information content (AvgIpc) is 3.30. The van der Waals surface area contributed by atoms with E-state index in [2.05, 4.69) is 5.16 Å². The number of carbonyl (C=O) groups is 1. The minimum Gasteiger partial charge on any atom is -0.494 e. The van der Waals surface area contributed by atoms with Crippen molar-refractivity contribution in [1.82, 2.24) is 5.16 Å². The molecule has 2 aromatic carbocycles. The molecule has 32 heavy (non-hydrogen) atoms. The summed E-state index contributed by atoms with van der Waals surface area (Å²) in [5, 5.41) is 4.63. The maximum Gasteiger partial charge on any atom is 0.296 e. The van der Waals surface area contributed by atoms with Crippen molar-refractivity contribution >= 4 is 45.9 Å². The predicted octanol–water partition coefficient (Wildman–Crippen LogP) is 5.54. The van der Waals surface area contributed by atoms with Gasteiger partial charge in [-0.2, -0.15) is 0 Å². The molecule has 0 bridgehead atoms. The van der Waals surface area contributed by atoms with Crippen molar-refractivity contribution in [2.24, 2.45) is 0 Å². The third-order valence-corrected chi connectivity index (χ3v) is 5.74. The van der Waals surface area contributed by atoms with Crippen molar-refractivity contribution in [3.63, 3.8) is 0 Å². The quantitative estimate of drug-likeness (QED) is 0.388. The zero-order valence-corrected chi connectivity index (χ0v) is 18.5. The van der Waals surface area contributed by atoms with Crippen molar-refractivity contribution in [3.05, 3.63) is 85.4 Å². The van der Waals surface area contributed by atoms with Crippen LogP contribution in [0, 0.1) is 6.92 Å². The van der Waals surface area contributed by atoms with E-state index in [0.717, 1.165) is 0 Å². The number of ether oxygens (including phenoxy) is 1. The topological polar surface area (TPSA) is 85.8 Å². The molecule has 0 radical (unpaired) electrons. The summed E-state index contributed by atoms with van der Waals surface area (Å²) in [4.78, 5) is 28.5. The number of rotatable bonds is 4. The van der Waals surface area contributed by atoms with Crippen LogP contribution in [-0.2, 0) is 0 Å². The third-order valence-electron chi connectivity index (χ3n) is 5.24. The molecular weight excluding hydrogens is 455 g/mol. The van der Waals surface area contributed by atoms with E-state index in [1.165, 1.54) is 17.0 Å². The highest BCUT2D eigenvalue weighted by Gasteiger charge is 2.45. The number of carbonyl (C=O) groups excluding carboxylic acids is 1. The highest BCUT2D eigenvalue weighted by atomic mass is 35.5. The zero-order valence-electron chi connectivity index (χ0n) is 17.0. The minimum atomic E-state index is -0.805. The van der Waals surface area contributed by atoms with Crippen LogP contribution in [0.3, 0.4) is 0 Å². The first-order chi connectivity index (χ1) is 15.4. The van der Waals surface area contributed by atoms with Crippen LogP contribution in [0.15, 0.2) is 56.2 Å². The van der Waals surface area contributed by atoms with E-state index in [9.17, 15) is 9.59 Å². The van der Waals surface area contributed by atoms with Gasteiger partial charge in [0.1, 0.15) is 11.5 Å². The summed E-state index contributed by atoms with van der Waals surface area (Å²) in [5.41, 5.74) is 0.542. The number of fused-ring (bicyclic) bond motifs is 2. The van der Waals surface area contributed by atoms with Gasteiger partial charge in [0.2, 0.25) is 5.76 Å². The number of halogens is 2. The first-order valence-electron chi connectivity index (χ1n) is 9.84. The SMILES string of the molecule is CCOc1cccc([C@@H]2c3c(oc4c(Cl)cc(Cl)cc4c3=O)C(=O)N2c2cc(C)on2)c1. The van der Waals surface area contributed by atoms with E-state index in [-0.39, 0.29) is 38.2 Å². The molecule has 0 saturated carbocycles. The molecule has 4 aromatic rings. The Bertz CT molecular complexity index is 1440. The van der Waals surface area contributed by atoms with E-state index in [4.69, 9.17) is 36.9 Å². The molecule has 0 fully saturated rings. The molecule has 0 saturated heterocycles. The molecule has 3 heterocycles. The lowest BCUT2D eigenvalue weighted by molar-refractivity contribution is 0.0969. The van der Waals surface area contributed by atoms with Gasteiger partial charge in [-0.1, -0.05) is 40.5 Å². The standard InChI is InChI=1S/C23H16Cl2N2O5/c1-3-30-14-6-4-5-12(8-14)19-18-20(28)15-9-13(24)10-16(25)21(15)31-22(18)23(29)27(19)17-7-11(2)32-26-17/h4-10,19H,3H2,1-2H3/t19-/m1/s1. The Morgan fingerprint density at radius 1 is 1.16 bits per heavy atom. The second-order valence-corrected chi connectivity index (χ2v) is 8.16. The summed E-state index contributed by atoms with van der Waals surface area (Å²) in [6.45, 7) is 4.06. The fourth-order valence-electron chi connectivity index (χ4n) is 3.96. The Hall–Kier alpha value is -3.29. The van der Waals surface area contributed by atoms with Crippen molar-refractivity contribution in [2.45, 2.75) is 19.9 Å². The van der Waals surface area contributed by atoms with Gasteiger partial charge in [0.25, 0.3) is 5.91 Å². The number of amides is 1. The fourth-order valence-corrected chi connectivity index (χ4v) is 4.49. The van der Waals surface area contributed by atoms with E-state index in [0.29, 0.717) is 23.7 Å². The van der Waals surface area contributed by atoms with Crippen LogP contribution in [0.2, 0.25) is 10.0 Å². The van der Waals surface area contributed by atoms with Gasteiger partial charge in [0, 0.05) is 11.1 Å². The zero-order chi connectivity index (χ0) is 22.6. The highest BCUT2D eigenvalue weighted by Crippen LogP contribution is 2.42. The van der Waals surface area contributed by atoms with Crippen molar-refractivity contribution in [1.29, 1.82) is 0 Å². The van der Waals surface area contributed by atoms with Gasteiger partial charge in [-0.3, -0.25) is 14.5 Å². The molecule has 0 N–H and O–H groups in total. The average molecular weight is 471 g/mol. The lowest BCUT2D eigenvalue weighted by Gasteiger charge is -2.22. The monoisotopic (exact) mass is 470 g/mol. The van der Waals surface area contributed by atoms with Crippen LogP contribution in [0.4, 0.5) is 5.82 Å². The van der Waals surface area contributed by atoms with Gasteiger partial charge in [0.15, 0.2) is 16.8 Å². The largest absolute Gasteiger partial charge is 0.494 e. The van der Waals surface area contributed by atoms with Gasteiger partial charge < -0.3 is 13.7 Å². The van der Waals surface area contributed by atoms with Crippen LogP contribution in [-0.4, -0.2) is 17.7 Å². The normalized spacial score (nSPS) is 15.4. The van der Waals surface area contributed by atoms with Gasteiger partial charge in [-0.05, 0) is 43.7 Å². The van der Waals surface area contributed by atoms with Crippen LogP contribution in [0.1, 0.15) is 40.4 Å². The van der Waals surface area contributed by atoms with Crippen molar-refractivity contribution in [3.8, 4) is 5.75 Å². The second kappa shape index (κ2) is 7.69. The molecule has 1 atom stereocenters. The summed E-state index contributed by atoms with van der Waals surface area (Å²) < 4.78 is 16.7. The molecule has 1 aliphatic rings. The number of anilines is 1. The molecule has 0 aliphatic carbocycles. The fraction of sp³-hybridized carbons (Fsp3) is 0.174. The van der Waals surface area contributed by atoms with Crippen molar-refractivity contribution in [2.75, 3.05) is 11.5 Å². The number of aromatic nitrogens is 1. The number of benzene rings is 2. The van der Waals surface area contributed by atoms with E-state index >= 15 is 0 Å². The Morgan fingerprint density at radius 3 is 2.69 bits per heavy atom. The smallest absolute Gasteiger partial charge is 0.296 e. The predicted molar refractivity (Wildman–Crippen MR) is 120 cm³/mol. The molecule has 0 unspecified atom stereocenters. The summed E-state index contributed by atoms with van der Waals surface area (Å²) >= 11 is 12.4. The summed E-state index contributed by atoms with van der Waals surface area (Å²) in [5.74, 6) is 0.769. The Kier molecular flexibility index (Phi) is 4.95. The van der Waals surface area contributed by atoms with Crippen LogP contribution in [0.25, 0.3) is 11.0 Å². The first kappa shape index (κ1) is 20.6. The van der Waals surface area contributed by atoms with E-state index < -0.39 is 17.4 Å². The Labute approximate surface area is 192 Å². The van der Waals surface area contributed by atoms with Crippen LogP contribution >= 0.6 is 23.2 Å². The van der Waals surface area contributed by atoms with Crippen LogP contribution in [0.5, 0.6) is 5.75 Å². The third kappa shape index (κ3) is 3.16. The van der Waals surface area contributed by atoms with Gasteiger partial charge >= 0.3 is 0 Å². The minimum absolute atomic E-state index is 0.0980. The Morgan fingerprint density at radius 2 is 1.97 bits per heavy atom. The number of hydrogen-bond acceptors (Lipinski definition) is 6. The Balaban J connectivity index is 1.82. The number of hydrogen-bond donors (Lipinski definition) is 0. The molecule has 7 nitrogen and oxygen atoms in total. The highest BCUT2D eigenvalue weighted by molar-refractivity contribution is 6.38. The lowest BCUT2D eigenvalue weighted by atomic mass is 9.98. The molecule has 1 amide bonds. The molecule has 5 rings (SSSR count). The van der Waals surface area contributed by atoms with Gasteiger partial charge in [-0.15, -0.1) is 0 Å². The van der Waals surface area contributed by atoms with E-state index in [1.807, 2.05) is 13.0 Å². The molecule has 2 aromatic heterocycles. The number of nitrogens with zero attached hydrogens (tertiary/aromatic N) is 2. The summed E-state index contributed by atoms with van der Waals surface area (Å²) in [6.07, 6.45) is 0. The van der Waals surface area contributed by atoms with Crippen molar-refractivity contribution < 1.29 is 18.5 Å².